The van der Waals surface area contributed by atoms with E-state index >= 15 is 0 Å². The van der Waals surface area contributed by atoms with Crippen LogP contribution in [0.15, 0.2) is 24.3 Å². The summed E-state index contributed by atoms with van der Waals surface area (Å²) in [5, 5.41) is 5.93. The van der Waals surface area contributed by atoms with Crippen molar-refractivity contribution in [3.05, 3.63) is 35.4 Å². The molecular weight excluding hydrogens is 376 g/mol. The first-order valence-electron chi connectivity index (χ1n) is 11.3. The number of benzene rings is 1. The Morgan fingerprint density at radius 3 is 1.23 bits per heavy atom. The summed E-state index contributed by atoms with van der Waals surface area (Å²) in [6.45, 7) is 3.67. The van der Waals surface area contributed by atoms with Gasteiger partial charge in [-0.2, -0.15) is 0 Å². The fourth-order valence-corrected chi connectivity index (χ4v) is 3.16. The average molecular weight is 421 g/mol. The zero-order chi connectivity index (χ0) is 22.6. The summed E-state index contributed by atoms with van der Waals surface area (Å²) in [6.07, 6.45) is 6.54. The van der Waals surface area contributed by atoms with E-state index in [1.165, 1.54) is 12.8 Å². The Morgan fingerprint density at radius 1 is 0.600 bits per heavy atom. The number of rotatable bonds is 14. The van der Waals surface area contributed by atoms with Crippen LogP contribution in [-0.2, 0) is 0 Å². The Kier molecular flexibility index (Phi) is 11.1. The lowest BCUT2D eigenvalue weighted by atomic mass is 10.1. The zero-order valence-corrected chi connectivity index (χ0v) is 20.1. The van der Waals surface area contributed by atoms with Gasteiger partial charge < -0.3 is 19.6 Å². The normalized spacial score (nSPS) is 11.9. The van der Waals surface area contributed by atoms with E-state index in [-0.39, 0.29) is 11.8 Å². The molecule has 0 bridgehead atoms. The predicted molar refractivity (Wildman–Crippen MR) is 125 cm³/mol. The van der Waals surface area contributed by atoms with Crippen molar-refractivity contribution in [2.24, 2.45) is 0 Å². The number of nitrogens with zero attached hydrogens (tertiary/aromatic N) is 2. The summed E-state index contributed by atoms with van der Waals surface area (Å²) in [6, 6.07) is 6.90. The molecule has 2 N–H and O–H groups in total. The van der Waals surface area contributed by atoms with Crippen molar-refractivity contribution in [2.75, 3.05) is 68.5 Å². The summed E-state index contributed by atoms with van der Waals surface area (Å²) in [7, 11) is 13.2. The molecule has 1 aromatic carbocycles. The van der Waals surface area contributed by atoms with Gasteiger partial charge >= 0.3 is 0 Å². The van der Waals surface area contributed by atoms with Gasteiger partial charge in [0.2, 0.25) is 0 Å². The molecule has 0 aliphatic heterocycles. The highest BCUT2D eigenvalue weighted by atomic mass is 16.2. The molecule has 0 spiro atoms. The van der Waals surface area contributed by atoms with Gasteiger partial charge in [0.25, 0.3) is 11.8 Å². The molecule has 6 nitrogen and oxygen atoms in total. The SMILES string of the molecule is C[N+](C)(C)CCCCCNC(=O)c1ccc(C(=O)NCCCCC[N+](C)(C)C)cc1. The summed E-state index contributed by atoms with van der Waals surface area (Å²) in [5.41, 5.74) is 1.19. The lowest BCUT2D eigenvalue weighted by molar-refractivity contribution is -0.870. The fourth-order valence-electron chi connectivity index (χ4n) is 3.16. The second-order valence-corrected chi connectivity index (χ2v) is 10.2. The second kappa shape index (κ2) is 12.7. The van der Waals surface area contributed by atoms with E-state index < -0.39 is 0 Å². The van der Waals surface area contributed by atoms with Crippen LogP contribution in [-0.4, -0.2) is 89.2 Å². The first kappa shape index (κ1) is 26.1. The van der Waals surface area contributed by atoms with Gasteiger partial charge in [0.1, 0.15) is 0 Å². The minimum Gasteiger partial charge on any atom is -0.352 e. The van der Waals surface area contributed by atoms with Gasteiger partial charge in [-0.15, -0.1) is 0 Å². The Morgan fingerprint density at radius 2 is 0.933 bits per heavy atom. The number of nitrogens with one attached hydrogen (secondary N) is 2. The van der Waals surface area contributed by atoms with Crippen LogP contribution in [0.3, 0.4) is 0 Å². The van der Waals surface area contributed by atoms with Gasteiger partial charge in [-0.3, -0.25) is 9.59 Å². The fraction of sp³-hybridized carbons (Fsp3) is 0.667. The van der Waals surface area contributed by atoms with E-state index in [4.69, 9.17) is 0 Å². The number of carbonyl (C=O) groups is 2. The third-order valence-electron chi connectivity index (χ3n) is 4.99. The molecule has 0 saturated heterocycles. The number of hydrogen-bond acceptors (Lipinski definition) is 2. The van der Waals surface area contributed by atoms with Gasteiger partial charge in [0.05, 0.1) is 55.4 Å². The van der Waals surface area contributed by atoms with E-state index in [1.54, 1.807) is 24.3 Å². The Labute approximate surface area is 183 Å². The van der Waals surface area contributed by atoms with E-state index in [9.17, 15) is 9.59 Å². The number of carbonyl (C=O) groups excluding carboxylic acids is 2. The average Bonchev–Trinajstić information content (AvgIpc) is 2.65. The smallest absolute Gasteiger partial charge is 0.251 e. The zero-order valence-electron chi connectivity index (χ0n) is 20.1. The van der Waals surface area contributed by atoms with E-state index in [1.807, 2.05) is 0 Å². The van der Waals surface area contributed by atoms with Crippen molar-refractivity contribution >= 4 is 11.8 Å². The van der Waals surface area contributed by atoms with Crippen molar-refractivity contribution in [1.29, 1.82) is 0 Å². The van der Waals surface area contributed by atoms with Crippen LogP contribution in [0.5, 0.6) is 0 Å². The molecular formula is C24H44N4O2+2. The maximum atomic E-state index is 12.2. The summed E-state index contributed by atoms with van der Waals surface area (Å²) in [5.74, 6) is -0.156. The summed E-state index contributed by atoms with van der Waals surface area (Å²) in [4.78, 5) is 24.5. The molecule has 0 aromatic heterocycles. The van der Waals surface area contributed by atoms with Crippen molar-refractivity contribution < 1.29 is 18.6 Å². The van der Waals surface area contributed by atoms with Crippen LogP contribution < -0.4 is 10.6 Å². The van der Waals surface area contributed by atoms with Crippen LogP contribution in [0.4, 0.5) is 0 Å². The highest BCUT2D eigenvalue weighted by molar-refractivity contribution is 5.97. The van der Waals surface area contributed by atoms with Crippen LogP contribution in [0.1, 0.15) is 59.2 Å². The molecule has 1 aromatic rings. The van der Waals surface area contributed by atoms with Crippen LogP contribution in [0.25, 0.3) is 0 Å². The van der Waals surface area contributed by atoms with Gasteiger partial charge in [-0.1, -0.05) is 0 Å². The van der Waals surface area contributed by atoms with E-state index in [0.29, 0.717) is 24.2 Å². The quantitative estimate of drug-likeness (QED) is 0.359. The van der Waals surface area contributed by atoms with Crippen LogP contribution in [0, 0.1) is 0 Å². The second-order valence-electron chi connectivity index (χ2n) is 10.2. The van der Waals surface area contributed by atoms with Crippen molar-refractivity contribution in [3.63, 3.8) is 0 Å². The molecule has 170 valence electrons. The van der Waals surface area contributed by atoms with Gasteiger partial charge in [0.15, 0.2) is 0 Å². The summed E-state index contributed by atoms with van der Waals surface area (Å²) >= 11 is 0. The topological polar surface area (TPSA) is 58.2 Å². The van der Waals surface area contributed by atoms with Gasteiger partial charge in [-0.05, 0) is 62.8 Å². The maximum Gasteiger partial charge on any atom is 0.251 e. The highest BCUT2D eigenvalue weighted by Gasteiger charge is 2.10. The Bertz CT molecular complexity index is 586. The van der Waals surface area contributed by atoms with Gasteiger partial charge in [0, 0.05) is 24.2 Å². The first-order chi connectivity index (χ1) is 14.0. The maximum absolute atomic E-state index is 12.2. The number of quaternary nitrogens is 2. The standard InChI is InChI=1S/C24H42N4O2/c1-27(2,3)19-11-7-9-17-25-23(29)21-13-15-22(16-14-21)24(30)26-18-10-8-12-20-28(4,5)6/h13-16H,7-12,17-20H2,1-6H3/p+2. The molecule has 0 aliphatic carbocycles. The number of unbranched alkanes of at least 4 members (excludes halogenated alkanes) is 4. The molecule has 1 rings (SSSR count). The lowest BCUT2D eigenvalue weighted by Crippen LogP contribution is -2.35. The predicted octanol–water partition coefficient (Wildman–Crippen LogP) is 2.90. The third-order valence-corrected chi connectivity index (χ3v) is 4.99. The number of hydrogen-bond donors (Lipinski definition) is 2. The Hall–Kier alpha value is -1.92. The molecule has 0 fully saturated rings. The molecule has 0 unspecified atom stereocenters. The van der Waals surface area contributed by atoms with Crippen LogP contribution in [0.2, 0.25) is 0 Å². The van der Waals surface area contributed by atoms with Crippen LogP contribution >= 0.6 is 0 Å². The molecule has 0 saturated carbocycles. The molecule has 0 atom stereocenters. The molecule has 0 heterocycles. The highest BCUT2D eigenvalue weighted by Crippen LogP contribution is 2.06. The Balaban J connectivity index is 2.24. The third kappa shape index (κ3) is 12.6. The van der Waals surface area contributed by atoms with E-state index in [2.05, 4.69) is 52.9 Å². The van der Waals surface area contributed by atoms with Crippen molar-refractivity contribution in [3.8, 4) is 0 Å². The van der Waals surface area contributed by atoms with E-state index in [0.717, 1.165) is 47.7 Å². The largest absolute Gasteiger partial charge is 0.352 e. The minimum absolute atomic E-state index is 0.0780. The molecule has 0 aliphatic rings. The minimum atomic E-state index is -0.0780. The van der Waals surface area contributed by atoms with Gasteiger partial charge in [-0.25, -0.2) is 0 Å². The summed E-state index contributed by atoms with van der Waals surface area (Å²) < 4.78 is 1.95. The van der Waals surface area contributed by atoms with Crippen molar-refractivity contribution in [1.82, 2.24) is 10.6 Å². The molecule has 2 amide bonds. The first-order valence-corrected chi connectivity index (χ1v) is 11.3. The lowest BCUT2D eigenvalue weighted by Gasteiger charge is -2.23. The monoisotopic (exact) mass is 420 g/mol. The van der Waals surface area contributed by atoms with Crippen molar-refractivity contribution in [2.45, 2.75) is 38.5 Å². The number of amides is 2. The molecule has 30 heavy (non-hydrogen) atoms. The molecule has 6 heteroatoms. The molecule has 0 radical (unpaired) electrons.